The lowest BCUT2D eigenvalue weighted by Crippen LogP contribution is -2.64. The van der Waals surface area contributed by atoms with Crippen LogP contribution in [0, 0.1) is 6.92 Å². The number of benzene rings is 2. The Kier molecular flexibility index (Phi) is 6.45. The summed E-state index contributed by atoms with van der Waals surface area (Å²) in [5.74, 6) is -0.334. The van der Waals surface area contributed by atoms with Crippen LogP contribution in [0.2, 0.25) is 0 Å². The molecule has 3 amide bonds. The van der Waals surface area contributed by atoms with Crippen molar-refractivity contribution in [3.8, 4) is 5.75 Å². The molecule has 1 aliphatic carbocycles. The van der Waals surface area contributed by atoms with E-state index in [1.54, 1.807) is 23.5 Å². The highest BCUT2D eigenvalue weighted by Gasteiger charge is 2.53. The summed E-state index contributed by atoms with van der Waals surface area (Å²) in [6.07, 6.45) is 3.12. The SMILES string of the molecule is COc1ccccc1CNC(=O)[C@]1(C)Cn2cnc(C(=O)NCc3cccc(C)c3)c2C(=O)N1C1CC1. The number of nitrogens with one attached hydrogen (secondary N) is 2. The van der Waals surface area contributed by atoms with Crippen LogP contribution in [0.1, 0.15) is 57.4 Å². The normalized spacial score (nSPS) is 18.8. The number of para-hydroxylation sites is 1. The van der Waals surface area contributed by atoms with Crippen LogP contribution in [-0.4, -0.2) is 50.9 Å². The highest BCUT2D eigenvalue weighted by Crippen LogP contribution is 2.39. The van der Waals surface area contributed by atoms with Crippen LogP contribution in [-0.2, 0) is 24.4 Å². The number of aryl methyl sites for hydroxylation is 1. The summed E-state index contributed by atoms with van der Waals surface area (Å²) in [6, 6.07) is 15.3. The Labute approximate surface area is 215 Å². The second kappa shape index (κ2) is 9.72. The Bertz CT molecular complexity index is 1360. The van der Waals surface area contributed by atoms with E-state index in [4.69, 9.17) is 4.74 Å². The minimum atomic E-state index is -1.12. The van der Waals surface area contributed by atoms with Crippen molar-refractivity contribution < 1.29 is 19.1 Å². The van der Waals surface area contributed by atoms with E-state index in [1.807, 2.05) is 55.5 Å². The van der Waals surface area contributed by atoms with Crippen molar-refractivity contribution in [2.75, 3.05) is 7.11 Å². The van der Waals surface area contributed by atoms with E-state index >= 15 is 0 Å². The molecule has 9 nitrogen and oxygen atoms in total. The standard InChI is InChI=1S/C28H31N5O4/c1-18-7-6-8-19(13-18)14-29-25(34)23-24-26(35)33(21-11-12-21)28(2,16-32(24)17-31-23)27(36)30-15-20-9-4-5-10-22(20)37-3/h4-10,13,17,21H,11-12,14-16H2,1-3H3,(H,29,34)(H,30,36)/t28-/m0/s1. The summed E-state index contributed by atoms with van der Waals surface area (Å²) in [5, 5.41) is 5.87. The number of carbonyl (C=O) groups excluding carboxylic acids is 3. The molecular weight excluding hydrogens is 470 g/mol. The van der Waals surface area contributed by atoms with E-state index in [1.165, 1.54) is 6.33 Å². The molecule has 2 N–H and O–H groups in total. The largest absolute Gasteiger partial charge is 0.496 e. The van der Waals surface area contributed by atoms with E-state index in [-0.39, 0.29) is 42.3 Å². The minimum absolute atomic E-state index is 0.0404. The number of methoxy groups -OCH3 is 1. The maximum atomic E-state index is 13.8. The lowest BCUT2D eigenvalue weighted by atomic mass is 9.93. The molecule has 1 aliphatic heterocycles. The first-order valence-electron chi connectivity index (χ1n) is 12.4. The van der Waals surface area contributed by atoms with E-state index in [9.17, 15) is 14.4 Å². The molecule has 0 spiro atoms. The molecule has 1 atom stereocenters. The van der Waals surface area contributed by atoms with Crippen LogP contribution in [0.3, 0.4) is 0 Å². The molecule has 5 rings (SSSR count). The first-order chi connectivity index (χ1) is 17.8. The Balaban J connectivity index is 1.36. The van der Waals surface area contributed by atoms with Crippen molar-refractivity contribution >= 4 is 17.7 Å². The average molecular weight is 502 g/mol. The third kappa shape index (κ3) is 4.69. The summed E-state index contributed by atoms with van der Waals surface area (Å²) < 4.78 is 7.02. The minimum Gasteiger partial charge on any atom is -0.496 e. The second-order valence-electron chi connectivity index (χ2n) is 9.92. The third-order valence-electron chi connectivity index (χ3n) is 7.05. The Morgan fingerprint density at radius 1 is 1.11 bits per heavy atom. The molecular formula is C28H31N5O4. The lowest BCUT2D eigenvalue weighted by Gasteiger charge is -2.44. The van der Waals surface area contributed by atoms with Gasteiger partial charge in [0.25, 0.3) is 11.8 Å². The van der Waals surface area contributed by atoms with Gasteiger partial charge < -0.3 is 24.8 Å². The summed E-state index contributed by atoms with van der Waals surface area (Å²) in [7, 11) is 1.59. The van der Waals surface area contributed by atoms with Crippen LogP contribution >= 0.6 is 0 Å². The molecule has 3 aromatic rings. The summed E-state index contributed by atoms with van der Waals surface area (Å²) >= 11 is 0. The van der Waals surface area contributed by atoms with Gasteiger partial charge in [0.2, 0.25) is 5.91 Å². The fourth-order valence-corrected chi connectivity index (χ4v) is 5.02. The number of aromatic nitrogens is 2. The van der Waals surface area contributed by atoms with Gasteiger partial charge in [-0.05, 0) is 38.3 Å². The van der Waals surface area contributed by atoms with Gasteiger partial charge >= 0.3 is 0 Å². The zero-order valence-corrected chi connectivity index (χ0v) is 21.3. The molecule has 2 heterocycles. The van der Waals surface area contributed by atoms with E-state index < -0.39 is 11.4 Å². The number of fused-ring (bicyclic) bond motifs is 1. The number of carbonyl (C=O) groups is 3. The highest BCUT2D eigenvalue weighted by molar-refractivity contribution is 6.07. The fraction of sp³-hybridized carbons (Fsp3) is 0.357. The zero-order chi connectivity index (χ0) is 26.2. The predicted octanol–water partition coefficient (Wildman–Crippen LogP) is 2.82. The van der Waals surface area contributed by atoms with E-state index in [0.29, 0.717) is 12.3 Å². The van der Waals surface area contributed by atoms with Crippen molar-refractivity contribution in [3.63, 3.8) is 0 Å². The van der Waals surface area contributed by atoms with Crippen LogP contribution in [0.15, 0.2) is 54.9 Å². The van der Waals surface area contributed by atoms with E-state index in [0.717, 1.165) is 29.5 Å². The average Bonchev–Trinajstić information content (AvgIpc) is 3.63. The van der Waals surface area contributed by atoms with Gasteiger partial charge in [-0.2, -0.15) is 0 Å². The van der Waals surface area contributed by atoms with Crippen molar-refractivity contribution in [1.82, 2.24) is 25.1 Å². The van der Waals surface area contributed by atoms with Gasteiger partial charge in [0.1, 0.15) is 17.0 Å². The molecule has 1 aromatic heterocycles. The quantitative estimate of drug-likeness (QED) is 0.494. The molecule has 2 aromatic carbocycles. The Morgan fingerprint density at radius 3 is 2.62 bits per heavy atom. The first-order valence-corrected chi connectivity index (χ1v) is 12.4. The molecule has 1 saturated carbocycles. The fourth-order valence-electron chi connectivity index (χ4n) is 5.02. The summed E-state index contributed by atoms with van der Waals surface area (Å²) in [6.45, 7) is 4.58. The topological polar surface area (TPSA) is 106 Å². The molecule has 37 heavy (non-hydrogen) atoms. The summed E-state index contributed by atoms with van der Waals surface area (Å²) in [5.41, 5.74) is 2.10. The maximum absolute atomic E-state index is 13.8. The van der Waals surface area contributed by atoms with E-state index in [2.05, 4.69) is 15.6 Å². The number of hydrogen-bond acceptors (Lipinski definition) is 5. The molecule has 1 fully saturated rings. The van der Waals surface area contributed by atoms with Crippen molar-refractivity contribution in [2.24, 2.45) is 0 Å². The molecule has 2 aliphatic rings. The highest BCUT2D eigenvalue weighted by atomic mass is 16.5. The molecule has 9 heteroatoms. The number of amides is 3. The number of nitrogens with zero attached hydrogens (tertiary/aromatic N) is 3. The van der Waals surface area contributed by atoms with Crippen molar-refractivity contribution in [3.05, 3.63) is 82.9 Å². The number of hydrogen-bond donors (Lipinski definition) is 2. The van der Waals surface area contributed by atoms with Crippen LogP contribution in [0.25, 0.3) is 0 Å². The van der Waals surface area contributed by atoms with Crippen molar-refractivity contribution in [1.29, 1.82) is 0 Å². The first kappa shape index (κ1) is 24.5. The third-order valence-corrected chi connectivity index (χ3v) is 7.05. The molecule has 0 saturated heterocycles. The lowest BCUT2D eigenvalue weighted by molar-refractivity contribution is -0.133. The van der Waals surface area contributed by atoms with Gasteiger partial charge in [0.05, 0.1) is 20.0 Å². The predicted molar refractivity (Wildman–Crippen MR) is 137 cm³/mol. The maximum Gasteiger partial charge on any atom is 0.274 e. The van der Waals surface area contributed by atoms with Crippen LogP contribution < -0.4 is 15.4 Å². The van der Waals surface area contributed by atoms with Gasteiger partial charge in [0, 0.05) is 24.7 Å². The Morgan fingerprint density at radius 2 is 1.89 bits per heavy atom. The summed E-state index contributed by atoms with van der Waals surface area (Å²) in [4.78, 5) is 46.3. The number of ether oxygens (including phenoxy) is 1. The molecule has 0 bridgehead atoms. The Hall–Kier alpha value is -4.14. The van der Waals surface area contributed by atoms with Gasteiger partial charge in [-0.15, -0.1) is 0 Å². The van der Waals surface area contributed by atoms with Crippen LogP contribution in [0.4, 0.5) is 0 Å². The van der Waals surface area contributed by atoms with Gasteiger partial charge in [-0.3, -0.25) is 14.4 Å². The van der Waals surface area contributed by atoms with Crippen LogP contribution in [0.5, 0.6) is 5.75 Å². The number of imidazole rings is 1. The molecule has 0 radical (unpaired) electrons. The smallest absolute Gasteiger partial charge is 0.274 e. The van der Waals surface area contributed by atoms with Crippen molar-refractivity contribution in [2.45, 2.75) is 57.9 Å². The zero-order valence-electron chi connectivity index (χ0n) is 21.3. The second-order valence-corrected chi connectivity index (χ2v) is 9.92. The van der Waals surface area contributed by atoms with Gasteiger partial charge in [-0.1, -0.05) is 48.0 Å². The van der Waals surface area contributed by atoms with Gasteiger partial charge in [0.15, 0.2) is 5.69 Å². The monoisotopic (exact) mass is 501 g/mol. The van der Waals surface area contributed by atoms with Gasteiger partial charge in [-0.25, -0.2) is 4.98 Å². The molecule has 0 unspecified atom stereocenters. The molecule has 192 valence electrons. The number of rotatable bonds is 8.